The average Bonchev–Trinajstić information content (AvgIpc) is 2.26. The molecule has 0 amide bonds. The number of hydrogen-bond donors (Lipinski definition) is 1. The fourth-order valence-corrected chi connectivity index (χ4v) is 1.62. The Hall–Kier alpha value is -0.790. The van der Waals surface area contributed by atoms with Crippen molar-refractivity contribution in [2.24, 2.45) is 4.99 Å². The summed E-state index contributed by atoms with van der Waals surface area (Å²) in [4.78, 5) is 6.48. The summed E-state index contributed by atoms with van der Waals surface area (Å²) >= 11 is 0. The molecular formula is C11H21N3. The first kappa shape index (κ1) is 11.3. The highest BCUT2D eigenvalue weighted by Gasteiger charge is 2.08. The summed E-state index contributed by atoms with van der Waals surface area (Å²) in [6.45, 7) is 8.26. The number of likely N-dealkylation sites (N-methyl/N-ethyl adjacent to an activating group) is 1. The van der Waals surface area contributed by atoms with Gasteiger partial charge in [0.2, 0.25) is 0 Å². The Morgan fingerprint density at radius 2 is 2.29 bits per heavy atom. The van der Waals surface area contributed by atoms with Crippen molar-refractivity contribution in [1.29, 1.82) is 0 Å². The highest BCUT2D eigenvalue weighted by atomic mass is 15.2. The summed E-state index contributed by atoms with van der Waals surface area (Å²) in [5.74, 6) is 3.10. The molecule has 0 fully saturated rings. The molecule has 0 saturated heterocycles. The Bertz CT molecular complexity index is 217. The van der Waals surface area contributed by atoms with E-state index in [1.807, 2.05) is 0 Å². The molecule has 0 radical (unpaired) electrons. The van der Waals surface area contributed by atoms with Crippen LogP contribution >= 0.6 is 0 Å². The van der Waals surface area contributed by atoms with Crippen LogP contribution in [0.25, 0.3) is 0 Å². The summed E-state index contributed by atoms with van der Waals surface area (Å²) in [6, 6.07) is 0. The van der Waals surface area contributed by atoms with Crippen LogP contribution in [0.15, 0.2) is 10.7 Å². The zero-order chi connectivity index (χ0) is 10.2. The van der Waals surface area contributed by atoms with Crippen LogP contribution in [0.2, 0.25) is 0 Å². The van der Waals surface area contributed by atoms with Crippen molar-refractivity contribution in [3.63, 3.8) is 0 Å². The summed E-state index contributed by atoms with van der Waals surface area (Å²) in [7, 11) is 0. The predicted molar refractivity (Wildman–Crippen MR) is 60.6 cm³/mol. The van der Waals surface area contributed by atoms with E-state index in [1.54, 1.807) is 0 Å². The van der Waals surface area contributed by atoms with Crippen molar-refractivity contribution in [3.05, 3.63) is 5.70 Å². The molecular weight excluding hydrogens is 174 g/mol. The van der Waals surface area contributed by atoms with Crippen LogP contribution in [0.1, 0.15) is 33.1 Å². The normalized spacial score (nSPS) is 15.4. The molecule has 3 heteroatoms. The Kier molecular flexibility index (Phi) is 5.35. The van der Waals surface area contributed by atoms with Gasteiger partial charge in [-0.1, -0.05) is 19.8 Å². The van der Waals surface area contributed by atoms with Gasteiger partial charge in [-0.15, -0.1) is 0 Å². The van der Waals surface area contributed by atoms with E-state index in [0.717, 1.165) is 26.3 Å². The second kappa shape index (κ2) is 6.63. The molecule has 14 heavy (non-hydrogen) atoms. The Morgan fingerprint density at radius 3 is 2.86 bits per heavy atom. The van der Waals surface area contributed by atoms with E-state index >= 15 is 0 Å². The van der Waals surface area contributed by atoms with Crippen molar-refractivity contribution in [2.45, 2.75) is 33.1 Å². The minimum atomic E-state index is 0.718. The van der Waals surface area contributed by atoms with Gasteiger partial charge >= 0.3 is 0 Å². The van der Waals surface area contributed by atoms with E-state index in [2.05, 4.69) is 34.9 Å². The second-order valence-electron chi connectivity index (χ2n) is 3.59. The van der Waals surface area contributed by atoms with Crippen molar-refractivity contribution in [1.82, 2.24) is 10.2 Å². The number of unbranched alkanes of at least 4 members (excludes halogenated alkanes) is 2. The van der Waals surface area contributed by atoms with Crippen molar-refractivity contribution in [2.75, 3.05) is 26.3 Å². The Balaban J connectivity index is 2.40. The van der Waals surface area contributed by atoms with Gasteiger partial charge in [0.15, 0.2) is 0 Å². The molecule has 1 rings (SSSR count). The van der Waals surface area contributed by atoms with Gasteiger partial charge in [-0.05, 0) is 13.3 Å². The Labute approximate surface area is 86.9 Å². The zero-order valence-corrected chi connectivity index (χ0v) is 9.34. The second-order valence-corrected chi connectivity index (χ2v) is 3.59. The molecule has 1 aliphatic heterocycles. The van der Waals surface area contributed by atoms with Crippen molar-refractivity contribution < 1.29 is 0 Å². The number of hydrogen-bond acceptors (Lipinski definition) is 3. The maximum absolute atomic E-state index is 4.12. The summed E-state index contributed by atoms with van der Waals surface area (Å²) in [5, 5.41) is 3.23. The fourth-order valence-electron chi connectivity index (χ4n) is 1.62. The first-order valence-corrected chi connectivity index (χ1v) is 5.62. The summed E-state index contributed by atoms with van der Waals surface area (Å²) in [5.41, 5.74) is 1.22. The van der Waals surface area contributed by atoms with E-state index in [4.69, 9.17) is 0 Å². The molecule has 1 heterocycles. The number of nitrogens with one attached hydrogen (secondary N) is 1. The molecule has 3 nitrogen and oxygen atoms in total. The minimum absolute atomic E-state index is 0.718. The topological polar surface area (TPSA) is 27.6 Å². The average molecular weight is 195 g/mol. The van der Waals surface area contributed by atoms with Gasteiger partial charge < -0.3 is 4.90 Å². The van der Waals surface area contributed by atoms with E-state index < -0.39 is 0 Å². The molecule has 1 aliphatic rings. The molecule has 0 aliphatic carbocycles. The third-order valence-electron chi connectivity index (χ3n) is 2.49. The maximum atomic E-state index is 4.12. The molecule has 80 valence electrons. The molecule has 0 aromatic carbocycles. The molecule has 0 saturated carbocycles. The van der Waals surface area contributed by atoms with Gasteiger partial charge in [0, 0.05) is 25.5 Å². The molecule has 0 atom stereocenters. The molecule has 0 unspecified atom stereocenters. The van der Waals surface area contributed by atoms with E-state index in [9.17, 15) is 0 Å². The van der Waals surface area contributed by atoms with Crippen LogP contribution in [0.3, 0.4) is 0 Å². The zero-order valence-electron chi connectivity index (χ0n) is 9.34. The van der Waals surface area contributed by atoms with Crippen LogP contribution < -0.4 is 5.32 Å². The lowest BCUT2D eigenvalue weighted by atomic mass is 10.2. The smallest absolute Gasteiger partial charge is 0.0984 e. The van der Waals surface area contributed by atoms with Gasteiger partial charge in [0.25, 0.3) is 0 Å². The van der Waals surface area contributed by atoms with Crippen LogP contribution in [-0.2, 0) is 0 Å². The molecule has 0 spiro atoms. The minimum Gasteiger partial charge on any atom is -0.367 e. The molecule has 0 bridgehead atoms. The number of rotatable bonds is 6. The van der Waals surface area contributed by atoms with Crippen LogP contribution in [0.5, 0.6) is 0 Å². The lowest BCUT2D eigenvalue weighted by Crippen LogP contribution is -2.33. The van der Waals surface area contributed by atoms with Crippen molar-refractivity contribution in [3.8, 4) is 0 Å². The fraction of sp³-hybridized carbons (Fsp3) is 0.818. The first-order chi connectivity index (χ1) is 6.88. The van der Waals surface area contributed by atoms with Crippen LogP contribution in [0.4, 0.5) is 0 Å². The summed E-state index contributed by atoms with van der Waals surface area (Å²) in [6.07, 6.45) is 3.87. The molecule has 0 aromatic heterocycles. The van der Waals surface area contributed by atoms with E-state index in [0.29, 0.717) is 0 Å². The van der Waals surface area contributed by atoms with Gasteiger partial charge in [0.05, 0.1) is 12.4 Å². The van der Waals surface area contributed by atoms with Gasteiger partial charge in [0.1, 0.15) is 0 Å². The predicted octanol–water partition coefficient (Wildman–Crippen LogP) is 1.61. The van der Waals surface area contributed by atoms with Crippen molar-refractivity contribution >= 4 is 5.87 Å². The molecule has 1 N–H and O–H groups in total. The molecule has 0 aromatic rings. The Morgan fingerprint density at radius 1 is 1.43 bits per heavy atom. The quantitative estimate of drug-likeness (QED) is 0.652. The largest absolute Gasteiger partial charge is 0.367 e. The summed E-state index contributed by atoms with van der Waals surface area (Å²) < 4.78 is 0. The lowest BCUT2D eigenvalue weighted by Gasteiger charge is -2.25. The third-order valence-corrected chi connectivity index (χ3v) is 2.49. The number of aliphatic imine (C=N–C) groups is 1. The third kappa shape index (κ3) is 3.52. The van der Waals surface area contributed by atoms with Gasteiger partial charge in [-0.2, -0.15) is 0 Å². The SMILES string of the molecule is CCCCCN(CC)C1=C=NCNC1. The highest BCUT2D eigenvalue weighted by molar-refractivity contribution is 5.58. The highest BCUT2D eigenvalue weighted by Crippen LogP contribution is 2.05. The van der Waals surface area contributed by atoms with Crippen LogP contribution in [0, 0.1) is 0 Å². The van der Waals surface area contributed by atoms with Gasteiger partial charge in [-0.3, -0.25) is 5.32 Å². The van der Waals surface area contributed by atoms with Gasteiger partial charge in [-0.25, -0.2) is 4.99 Å². The van der Waals surface area contributed by atoms with E-state index in [1.165, 1.54) is 25.0 Å². The standard InChI is InChI=1S/C11H21N3/c1-3-5-6-7-14(4-2)11-8-12-10-13-9-11/h12H,3-8,10H2,1-2H3. The monoisotopic (exact) mass is 195 g/mol. The van der Waals surface area contributed by atoms with E-state index in [-0.39, 0.29) is 0 Å². The first-order valence-electron chi connectivity index (χ1n) is 5.62. The maximum Gasteiger partial charge on any atom is 0.0984 e. The lowest BCUT2D eigenvalue weighted by molar-refractivity contribution is 0.343. The number of nitrogens with zero attached hydrogens (tertiary/aromatic N) is 2. The van der Waals surface area contributed by atoms with Crippen LogP contribution in [-0.4, -0.2) is 37.1 Å².